The number of Topliss-reactive ketones (excluding diaryl/α,β-unsaturated/α-hetero) is 1. The fourth-order valence-corrected chi connectivity index (χ4v) is 2.35. The molecule has 0 heterocycles. The maximum absolute atomic E-state index is 12.2. The van der Waals surface area contributed by atoms with Crippen molar-refractivity contribution in [2.24, 2.45) is 0 Å². The van der Waals surface area contributed by atoms with Crippen LogP contribution in [0.5, 0.6) is 0 Å². The minimum Gasteiger partial charge on any atom is -0.326 e. The lowest BCUT2D eigenvalue weighted by Gasteiger charge is -2.13. The Hall–Kier alpha value is -2.42. The van der Waals surface area contributed by atoms with Crippen LogP contribution >= 0.6 is 0 Å². The van der Waals surface area contributed by atoms with Crippen molar-refractivity contribution in [3.05, 3.63) is 65.2 Å². The molecule has 0 aliphatic carbocycles. The normalized spacial score (nSPS) is 11.8. The summed E-state index contributed by atoms with van der Waals surface area (Å²) in [6, 6.07) is 15.3. The molecule has 0 saturated carbocycles. The first kappa shape index (κ1) is 16.0. The Kier molecular flexibility index (Phi) is 5.10. The minimum atomic E-state index is -0.0415. The first-order valence-electron chi connectivity index (χ1n) is 7.43. The molecule has 22 heavy (non-hydrogen) atoms. The van der Waals surface area contributed by atoms with Crippen LogP contribution in [0.2, 0.25) is 0 Å². The van der Waals surface area contributed by atoms with Gasteiger partial charge in [0, 0.05) is 17.7 Å². The number of amides is 1. The smallest absolute Gasteiger partial charge is 0.224 e. The Balaban J connectivity index is 2.06. The summed E-state index contributed by atoms with van der Waals surface area (Å²) < 4.78 is 0. The quantitative estimate of drug-likeness (QED) is 0.834. The van der Waals surface area contributed by atoms with E-state index in [0.29, 0.717) is 17.7 Å². The molecule has 3 nitrogen and oxygen atoms in total. The molecule has 3 heteroatoms. The maximum atomic E-state index is 12.2. The van der Waals surface area contributed by atoms with Gasteiger partial charge in [0.05, 0.1) is 0 Å². The van der Waals surface area contributed by atoms with Crippen LogP contribution in [0.15, 0.2) is 48.5 Å². The Morgan fingerprint density at radius 2 is 1.77 bits per heavy atom. The van der Waals surface area contributed by atoms with E-state index in [4.69, 9.17) is 0 Å². The van der Waals surface area contributed by atoms with Gasteiger partial charge in [-0.15, -0.1) is 0 Å². The Morgan fingerprint density at radius 3 is 2.41 bits per heavy atom. The summed E-state index contributed by atoms with van der Waals surface area (Å²) in [6.45, 7) is 5.47. The van der Waals surface area contributed by atoms with Gasteiger partial charge in [-0.2, -0.15) is 0 Å². The lowest BCUT2D eigenvalue weighted by atomic mass is 9.97. The van der Waals surface area contributed by atoms with E-state index in [1.54, 1.807) is 12.1 Å². The highest BCUT2D eigenvalue weighted by atomic mass is 16.1. The second-order valence-electron chi connectivity index (χ2n) is 5.65. The van der Waals surface area contributed by atoms with Crippen molar-refractivity contribution >= 4 is 17.4 Å². The lowest BCUT2D eigenvalue weighted by molar-refractivity contribution is -0.116. The average molecular weight is 295 g/mol. The van der Waals surface area contributed by atoms with E-state index in [1.807, 2.05) is 50.2 Å². The molecule has 2 rings (SSSR count). The fourth-order valence-electron chi connectivity index (χ4n) is 2.35. The van der Waals surface area contributed by atoms with Crippen LogP contribution in [0.25, 0.3) is 0 Å². The van der Waals surface area contributed by atoms with Gasteiger partial charge in [0.1, 0.15) is 0 Å². The largest absolute Gasteiger partial charge is 0.326 e. The summed E-state index contributed by atoms with van der Waals surface area (Å²) in [6.07, 6.45) is 0.410. The van der Waals surface area contributed by atoms with E-state index >= 15 is 0 Å². The number of anilines is 1. The van der Waals surface area contributed by atoms with Gasteiger partial charge >= 0.3 is 0 Å². The molecule has 0 spiro atoms. The van der Waals surface area contributed by atoms with Crippen molar-refractivity contribution in [1.29, 1.82) is 0 Å². The molecule has 0 saturated heterocycles. The minimum absolute atomic E-state index is 0.00634. The number of ketones is 1. The Morgan fingerprint density at radius 1 is 1.09 bits per heavy atom. The van der Waals surface area contributed by atoms with E-state index in [-0.39, 0.29) is 17.6 Å². The summed E-state index contributed by atoms with van der Waals surface area (Å²) in [7, 11) is 0. The molecule has 114 valence electrons. The number of benzene rings is 2. The third-order valence-electron chi connectivity index (χ3n) is 3.78. The molecule has 0 aliphatic heterocycles. The first-order chi connectivity index (χ1) is 10.5. The third kappa shape index (κ3) is 4.04. The van der Waals surface area contributed by atoms with Gasteiger partial charge < -0.3 is 5.32 Å². The Bertz CT molecular complexity index is 677. The number of nitrogens with one attached hydrogen (secondary N) is 1. The van der Waals surface area contributed by atoms with Gasteiger partial charge in [-0.1, -0.05) is 49.4 Å². The van der Waals surface area contributed by atoms with Gasteiger partial charge in [-0.05, 0) is 37.0 Å². The zero-order valence-electron chi connectivity index (χ0n) is 13.2. The monoisotopic (exact) mass is 295 g/mol. The van der Waals surface area contributed by atoms with E-state index in [2.05, 4.69) is 5.32 Å². The van der Waals surface area contributed by atoms with Gasteiger partial charge in [0.25, 0.3) is 0 Å². The molecule has 1 atom stereocenters. The first-order valence-corrected chi connectivity index (χ1v) is 7.43. The Labute approximate surface area is 131 Å². The summed E-state index contributed by atoms with van der Waals surface area (Å²) in [5.41, 5.74) is 3.41. The van der Waals surface area contributed by atoms with Crippen LogP contribution in [0.1, 0.15) is 47.7 Å². The fraction of sp³-hybridized carbons (Fsp3) is 0.263. The molecule has 1 amide bonds. The molecule has 0 bridgehead atoms. The molecule has 1 N–H and O–H groups in total. The maximum Gasteiger partial charge on any atom is 0.224 e. The summed E-state index contributed by atoms with van der Waals surface area (Å²) in [5.74, 6) is 0.103. The van der Waals surface area contributed by atoms with Gasteiger partial charge in [0.15, 0.2) is 5.78 Å². The predicted molar refractivity (Wildman–Crippen MR) is 89.3 cm³/mol. The standard InChI is InChI=1S/C19H21NO2/c1-13-9-10-17(15(3)21)12-18(13)20-19(22)11-14(2)16-7-5-4-6-8-16/h4-10,12,14H,11H2,1-3H3,(H,20,22). The van der Waals surface area contributed by atoms with Crippen LogP contribution in [-0.2, 0) is 4.79 Å². The third-order valence-corrected chi connectivity index (χ3v) is 3.78. The van der Waals surface area contributed by atoms with Crippen molar-refractivity contribution in [2.45, 2.75) is 33.1 Å². The molecule has 0 aliphatic rings. The number of hydrogen-bond acceptors (Lipinski definition) is 2. The molecular formula is C19H21NO2. The van der Waals surface area contributed by atoms with Crippen molar-refractivity contribution in [1.82, 2.24) is 0 Å². The molecule has 0 radical (unpaired) electrons. The van der Waals surface area contributed by atoms with Gasteiger partial charge in [-0.25, -0.2) is 0 Å². The summed E-state index contributed by atoms with van der Waals surface area (Å²) >= 11 is 0. The van der Waals surface area contributed by atoms with Crippen LogP contribution in [-0.4, -0.2) is 11.7 Å². The van der Waals surface area contributed by atoms with Crippen molar-refractivity contribution in [3.8, 4) is 0 Å². The summed E-state index contributed by atoms with van der Waals surface area (Å²) in [4.78, 5) is 23.7. The molecule has 2 aromatic carbocycles. The second kappa shape index (κ2) is 7.03. The van der Waals surface area contributed by atoms with E-state index in [9.17, 15) is 9.59 Å². The summed E-state index contributed by atoms with van der Waals surface area (Å²) in [5, 5.41) is 2.91. The lowest BCUT2D eigenvalue weighted by Crippen LogP contribution is -2.15. The van der Waals surface area contributed by atoms with Crippen LogP contribution < -0.4 is 5.32 Å². The number of aryl methyl sites for hydroxylation is 1. The molecule has 0 fully saturated rings. The van der Waals surface area contributed by atoms with Crippen LogP contribution in [0.4, 0.5) is 5.69 Å². The van der Waals surface area contributed by atoms with E-state index in [1.165, 1.54) is 6.92 Å². The molecule has 1 unspecified atom stereocenters. The SMILES string of the molecule is CC(=O)c1ccc(C)c(NC(=O)CC(C)c2ccccc2)c1. The van der Waals surface area contributed by atoms with Gasteiger partial charge in [0.2, 0.25) is 5.91 Å². The molecule has 0 aromatic heterocycles. The zero-order valence-corrected chi connectivity index (χ0v) is 13.2. The highest BCUT2D eigenvalue weighted by molar-refractivity contribution is 5.97. The van der Waals surface area contributed by atoms with E-state index < -0.39 is 0 Å². The van der Waals surface area contributed by atoms with Gasteiger partial charge in [-0.3, -0.25) is 9.59 Å². The number of hydrogen-bond donors (Lipinski definition) is 1. The van der Waals surface area contributed by atoms with Crippen LogP contribution in [0.3, 0.4) is 0 Å². The number of carbonyl (C=O) groups is 2. The predicted octanol–water partition coefficient (Wildman–Crippen LogP) is 4.33. The average Bonchev–Trinajstić information content (AvgIpc) is 2.50. The number of carbonyl (C=O) groups excluding carboxylic acids is 2. The molecular weight excluding hydrogens is 274 g/mol. The van der Waals surface area contributed by atoms with Crippen molar-refractivity contribution < 1.29 is 9.59 Å². The zero-order chi connectivity index (χ0) is 16.1. The van der Waals surface area contributed by atoms with Crippen molar-refractivity contribution in [2.75, 3.05) is 5.32 Å². The number of rotatable bonds is 5. The van der Waals surface area contributed by atoms with E-state index in [0.717, 1.165) is 11.1 Å². The van der Waals surface area contributed by atoms with Crippen LogP contribution in [0, 0.1) is 6.92 Å². The van der Waals surface area contributed by atoms with Crippen molar-refractivity contribution in [3.63, 3.8) is 0 Å². The topological polar surface area (TPSA) is 46.2 Å². The highest BCUT2D eigenvalue weighted by Gasteiger charge is 2.12. The molecule has 2 aromatic rings. The highest BCUT2D eigenvalue weighted by Crippen LogP contribution is 2.21. The second-order valence-corrected chi connectivity index (χ2v) is 5.65.